The van der Waals surface area contributed by atoms with Crippen LogP contribution in [0.15, 0.2) is 12.1 Å². The number of alkyl halides is 1. The van der Waals surface area contributed by atoms with Gasteiger partial charge in [-0.1, -0.05) is 43.0 Å². The van der Waals surface area contributed by atoms with Crippen molar-refractivity contribution >= 4 is 34.8 Å². The van der Waals surface area contributed by atoms with Crippen molar-refractivity contribution in [1.29, 1.82) is 0 Å². The molecule has 0 radical (unpaired) electrons. The number of methoxy groups -OCH3 is 1. The first-order valence-corrected chi connectivity index (χ1v) is 7.89. The van der Waals surface area contributed by atoms with Crippen LogP contribution in [0.25, 0.3) is 0 Å². The van der Waals surface area contributed by atoms with Gasteiger partial charge in [-0.2, -0.15) is 0 Å². The first kappa shape index (κ1) is 15.3. The lowest BCUT2D eigenvalue weighted by Gasteiger charge is -2.30. The summed E-state index contributed by atoms with van der Waals surface area (Å²) in [7, 11) is 1.58. The molecule has 0 N–H and O–H groups in total. The summed E-state index contributed by atoms with van der Waals surface area (Å²) in [4.78, 5) is 0. The van der Waals surface area contributed by atoms with Crippen molar-refractivity contribution in [3.63, 3.8) is 0 Å². The fraction of sp³-hybridized carbons (Fsp3) is 0.600. The van der Waals surface area contributed by atoms with Gasteiger partial charge in [-0.15, -0.1) is 11.6 Å². The minimum absolute atomic E-state index is 0.0663. The van der Waals surface area contributed by atoms with Gasteiger partial charge in [0.15, 0.2) is 0 Å². The van der Waals surface area contributed by atoms with Crippen LogP contribution in [0.1, 0.15) is 43.5 Å². The molecule has 0 bridgehead atoms. The SMILES string of the molecule is COc1cc(Cl)c(C(Cl)C2CCC(C)CC2)cc1Cl. The van der Waals surface area contributed by atoms with Crippen molar-refractivity contribution in [3.05, 3.63) is 27.7 Å². The first-order chi connectivity index (χ1) is 9.02. The fourth-order valence-electron chi connectivity index (χ4n) is 2.74. The maximum atomic E-state index is 6.62. The van der Waals surface area contributed by atoms with Gasteiger partial charge >= 0.3 is 0 Å². The Bertz CT molecular complexity index is 439. The van der Waals surface area contributed by atoms with Crippen LogP contribution < -0.4 is 4.74 Å². The smallest absolute Gasteiger partial charge is 0.138 e. The lowest BCUT2D eigenvalue weighted by atomic mass is 9.80. The normalized spacial score (nSPS) is 25.1. The molecule has 1 nitrogen and oxygen atoms in total. The van der Waals surface area contributed by atoms with E-state index in [0.29, 0.717) is 21.7 Å². The highest BCUT2D eigenvalue weighted by Gasteiger charge is 2.27. The van der Waals surface area contributed by atoms with E-state index in [2.05, 4.69) is 6.92 Å². The molecule has 19 heavy (non-hydrogen) atoms. The molecule has 0 heterocycles. The topological polar surface area (TPSA) is 9.23 Å². The molecule has 1 aliphatic rings. The van der Waals surface area contributed by atoms with Gasteiger partial charge in [0.05, 0.1) is 17.5 Å². The van der Waals surface area contributed by atoms with Crippen molar-refractivity contribution in [2.75, 3.05) is 7.11 Å². The predicted octanol–water partition coefficient (Wildman–Crippen LogP) is 6.11. The molecule has 0 saturated heterocycles. The van der Waals surface area contributed by atoms with Crippen LogP contribution in [0.2, 0.25) is 10.0 Å². The van der Waals surface area contributed by atoms with E-state index in [4.69, 9.17) is 39.5 Å². The highest BCUT2D eigenvalue weighted by Crippen LogP contribution is 2.44. The Morgan fingerprint density at radius 3 is 2.32 bits per heavy atom. The van der Waals surface area contributed by atoms with Crippen LogP contribution in [-0.4, -0.2) is 7.11 Å². The largest absolute Gasteiger partial charge is 0.495 e. The van der Waals surface area contributed by atoms with Gasteiger partial charge < -0.3 is 4.74 Å². The Labute approximate surface area is 130 Å². The number of benzene rings is 1. The lowest BCUT2D eigenvalue weighted by molar-refractivity contribution is 0.283. The van der Waals surface area contributed by atoms with Crippen LogP contribution in [0, 0.1) is 11.8 Å². The molecule has 2 rings (SSSR count). The number of hydrogen-bond donors (Lipinski definition) is 0. The van der Waals surface area contributed by atoms with E-state index >= 15 is 0 Å². The fourth-order valence-corrected chi connectivity index (χ4v) is 3.75. The maximum absolute atomic E-state index is 6.62. The second kappa shape index (κ2) is 6.56. The van der Waals surface area contributed by atoms with E-state index in [1.54, 1.807) is 13.2 Å². The van der Waals surface area contributed by atoms with Gasteiger partial charge in [-0.3, -0.25) is 0 Å². The van der Waals surface area contributed by atoms with Crippen LogP contribution in [-0.2, 0) is 0 Å². The maximum Gasteiger partial charge on any atom is 0.138 e. The van der Waals surface area contributed by atoms with Crippen molar-refractivity contribution in [3.8, 4) is 5.75 Å². The van der Waals surface area contributed by atoms with Gasteiger partial charge in [-0.25, -0.2) is 0 Å². The summed E-state index contributed by atoms with van der Waals surface area (Å²) in [6.07, 6.45) is 4.81. The summed E-state index contributed by atoms with van der Waals surface area (Å²) in [6.45, 7) is 2.30. The molecule has 1 aromatic carbocycles. The number of ether oxygens (including phenoxy) is 1. The van der Waals surface area contributed by atoms with E-state index in [1.165, 1.54) is 12.8 Å². The van der Waals surface area contributed by atoms with E-state index in [9.17, 15) is 0 Å². The highest BCUT2D eigenvalue weighted by atomic mass is 35.5. The third-order valence-corrected chi connectivity index (χ3v) is 5.26. The standard InChI is InChI=1S/C15H19Cl3O/c1-9-3-5-10(6-4-9)15(18)11-7-13(17)14(19-2)8-12(11)16/h7-10,15H,3-6H2,1-2H3. The molecule has 106 valence electrons. The number of halogens is 3. The number of hydrogen-bond acceptors (Lipinski definition) is 1. The van der Waals surface area contributed by atoms with E-state index in [-0.39, 0.29) is 5.38 Å². The summed E-state index contributed by atoms with van der Waals surface area (Å²) in [5.74, 6) is 1.89. The minimum Gasteiger partial charge on any atom is -0.495 e. The Balaban J connectivity index is 2.19. The zero-order valence-electron chi connectivity index (χ0n) is 11.3. The quantitative estimate of drug-likeness (QED) is 0.610. The van der Waals surface area contributed by atoms with Crippen molar-refractivity contribution in [1.82, 2.24) is 0 Å². The predicted molar refractivity (Wildman–Crippen MR) is 82.7 cm³/mol. The zero-order chi connectivity index (χ0) is 14.0. The van der Waals surface area contributed by atoms with Crippen LogP contribution >= 0.6 is 34.8 Å². The molecule has 0 aliphatic heterocycles. The third kappa shape index (κ3) is 3.51. The lowest BCUT2D eigenvalue weighted by Crippen LogP contribution is -2.16. The summed E-state index contributed by atoms with van der Waals surface area (Å²) < 4.78 is 5.16. The van der Waals surface area contributed by atoms with Crippen molar-refractivity contribution in [2.24, 2.45) is 11.8 Å². The third-order valence-electron chi connectivity index (χ3n) is 4.04. The molecule has 1 unspecified atom stereocenters. The van der Waals surface area contributed by atoms with E-state index < -0.39 is 0 Å². The second-order valence-corrected chi connectivity index (χ2v) is 6.71. The van der Waals surface area contributed by atoms with E-state index in [1.807, 2.05) is 6.07 Å². The molecule has 1 aliphatic carbocycles. The monoisotopic (exact) mass is 320 g/mol. The summed E-state index contributed by atoms with van der Waals surface area (Å²) in [5, 5.41) is 1.14. The molecular formula is C15H19Cl3O. The Morgan fingerprint density at radius 1 is 1.11 bits per heavy atom. The molecule has 1 aromatic rings. The van der Waals surface area contributed by atoms with Crippen molar-refractivity contribution < 1.29 is 4.74 Å². The molecule has 0 spiro atoms. The summed E-state index contributed by atoms with van der Waals surface area (Å²) in [5.41, 5.74) is 0.925. The van der Waals surface area contributed by atoms with Gasteiger partial charge in [-0.05, 0) is 36.3 Å². The molecule has 0 aromatic heterocycles. The van der Waals surface area contributed by atoms with Gasteiger partial charge in [0.2, 0.25) is 0 Å². The van der Waals surface area contributed by atoms with Crippen molar-refractivity contribution in [2.45, 2.75) is 38.0 Å². The Kier molecular flexibility index (Phi) is 5.28. The highest BCUT2D eigenvalue weighted by molar-refractivity contribution is 6.35. The Hall–Kier alpha value is -0.110. The molecule has 1 atom stereocenters. The first-order valence-electron chi connectivity index (χ1n) is 6.70. The molecule has 4 heteroatoms. The molecular weight excluding hydrogens is 303 g/mol. The van der Waals surface area contributed by atoms with Crippen LogP contribution in [0.3, 0.4) is 0 Å². The molecule has 1 saturated carbocycles. The average molecular weight is 322 g/mol. The van der Waals surface area contributed by atoms with E-state index in [0.717, 1.165) is 24.3 Å². The number of rotatable bonds is 3. The van der Waals surface area contributed by atoms with Gasteiger partial charge in [0.25, 0.3) is 0 Å². The molecule has 1 fully saturated rings. The zero-order valence-corrected chi connectivity index (χ0v) is 13.5. The summed E-state index contributed by atoms with van der Waals surface area (Å²) in [6, 6.07) is 3.60. The van der Waals surface area contributed by atoms with Gasteiger partial charge in [0, 0.05) is 11.1 Å². The van der Waals surface area contributed by atoms with Gasteiger partial charge in [0.1, 0.15) is 5.75 Å². The van der Waals surface area contributed by atoms with Crippen LogP contribution in [0.4, 0.5) is 0 Å². The second-order valence-electron chi connectivity index (χ2n) is 5.43. The summed E-state index contributed by atoms with van der Waals surface area (Å²) >= 11 is 19.1. The molecule has 0 amide bonds. The van der Waals surface area contributed by atoms with Crippen LogP contribution in [0.5, 0.6) is 5.75 Å². The Morgan fingerprint density at radius 2 is 1.74 bits per heavy atom. The average Bonchev–Trinajstić information content (AvgIpc) is 2.41. The minimum atomic E-state index is -0.0663.